The first-order valence-electron chi connectivity index (χ1n) is 11.9. The fourth-order valence-corrected chi connectivity index (χ4v) is 4.87. The molecule has 8 heteroatoms. The molecule has 4 heterocycles. The molecule has 34 heavy (non-hydrogen) atoms. The number of aromatic nitrogens is 2. The van der Waals surface area contributed by atoms with Crippen molar-refractivity contribution in [3.05, 3.63) is 71.5 Å². The van der Waals surface area contributed by atoms with Crippen molar-refractivity contribution in [2.45, 2.75) is 37.2 Å². The van der Waals surface area contributed by atoms with E-state index >= 15 is 0 Å². The van der Waals surface area contributed by atoms with Gasteiger partial charge >= 0.3 is 0 Å². The fraction of sp³-hybridized carbons (Fsp3) is 0.423. The summed E-state index contributed by atoms with van der Waals surface area (Å²) in [4.78, 5) is 27.6. The van der Waals surface area contributed by atoms with Gasteiger partial charge in [-0.3, -0.25) is 9.59 Å². The summed E-state index contributed by atoms with van der Waals surface area (Å²) in [6, 6.07) is 13.5. The van der Waals surface area contributed by atoms with E-state index in [9.17, 15) is 14.7 Å². The highest BCUT2D eigenvalue weighted by Gasteiger charge is 2.31. The quantitative estimate of drug-likeness (QED) is 0.608. The number of nitrogens with zero attached hydrogens (tertiary/aromatic N) is 3. The number of nitrogens with one attached hydrogen (secondary N) is 1. The molecule has 2 aromatic heterocycles. The van der Waals surface area contributed by atoms with Gasteiger partial charge in [0, 0.05) is 57.4 Å². The van der Waals surface area contributed by atoms with Gasteiger partial charge in [-0.05, 0) is 48.6 Å². The van der Waals surface area contributed by atoms with Crippen LogP contribution in [0.25, 0.3) is 5.52 Å². The Morgan fingerprint density at radius 2 is 1.85 bits per heavy atom. The van der Waals surface area contributed by atoms with E-state index in [1.54, 1.807) is 10.7 Å². The van der Waals surface area contributed by atoms with E-state index < -0.39 is 5.60 Å². The number of piperidine rings is 1. The Morgan fingerprint density at radius 3 is 2.59 bits per heavy atom. The third-order valence-electron chi connectivity index (χ3n) is 7.07. The summed E-state index contributed by atoms with van der Waals surface area (Å²) < 4.78 is 7.01. The number of likely N-dealkylation sites (tertiary alicyclic amines) is 1. The average molecular weight is 463 g/mol. The molecular formula is C26H30N4O4. The molecule has 2 aliphatic heterocycles. The van der Waals surface area contributed by atoms with Crippen molar-refractivity contribution in [3.63, 3.8) is 0 Å². The summed E-state index contributed by atoms with van der Waals surface area (Å²) in [5, 5.41) is 17.8. The van der Waals surface area contributed by atoms with E-state index in [0.717, 1.165) is 29.5 Å². The molecule has 8 nitrogen and oxygen atoms in total. The van der Waals surface area contributed by atoms with E-state index in [1.165, 1.54) is 0 Å². The summed E-state index contributed by atoms with van der Waals surface area (Å²) in [6.07, 6.45) is 6.23. The van der Waals surface area contributed by atoms with Crippen LogP contribution in [0.4, 0.5) is 0 Å². The second kappa shape index (κ2) is 9.56. The van der Waals surface area contributed by atoms with Gasteiger partial charge in [-0.15, -0.1) is 0 Å². The van der Waals surface area contributed by atoms with Crippen molar-refractivity contribution < 1.29 is 19.4 Å². The third kappa shape index (κ3) is 4.69. The van der Waals surface area contributed by atoms with Crippen LogP contribution < -0.4 is 5.32 Å². The number of carbonyl (C=O) groups is 2. The zero-order chi connectivity index (χ0) is 23.5. The summed E-state index contributed by atoms with van der Waals surface area (Å²) in [5.41, 5.74) is 2.19. The molecule has 2 amide bonds. The number of pyridine rings is 1. The van der Waals surface area contributed by atoms with Gasteiger partial charge in [-0.2, -0.15) is 5.10 Å². The molecule has 3 aromatic rings. The fourth-order valence-electron chi connectivity index (χ4n) is 4.87. The predicted octanol–water partition coefficient (Wildman–Crippen LogP) is 2.63. The molecule has 2 fully saturated rings. The number of ether oxygens (including phenoxy) is 1. The normalized spacial score (nSPS) is 18.7. The maximum Gasteiger partial charge on any atom is 0.255 e. The lowest BCUT2D eigenvalue weighted by Gasteiger charge is -2.32. The molecule has 2 N–H and O–H groups in total. The van der Waals surface area contributed by atoms with Crippen LogP contribution in [0.1, 0.15) is 57.9 Å². The minimum atomic E-state index is -0.923. The van der Waals surface area contributed by atoms with Crippen LogP contribution in [0, 0.1) is 0 Å². The Hall–Kier alpha value is -3.23. The molecule has 0 bridgehead atoms. The van der Waals surface area contributed by atoms with Crippen LogP contribution in [-0.2, 0) is 4.74 Å². The first-order valence-corrected chi connectivity index (χ1v) is 11.9. The lowest BCUT2D eigenvalue weighted by atomic mass is 9.89. The van der Waals surface area contributed by atoms with Crippen molar-refractivity contribution in [2.24, 2.45) is 0 Å². The smallest absolute Gasteiger partial charge is 0.255 e. The van der Waals surface area contributed by atoms with Crippen molar-refractivity contribution in [1.82, 2.24) is 19.8 Å². The molecule has 0 spiro atoms. The molecule has 2 saturated heterocycles. The maximum atomic E-state index is 12.9. The monoisotopic (exact) mass is 462 g/mol. The van der Waals surface area contributed by atoms with Gasteiger partial charge in [-0.25, -0.2) is 4.52 Å². The highest BCUT2D eigenvalue weighted by molar-refractivity contribution is 6.00. The lowest BCUT2D eigenvalue weighted by molar-refractivity contribution is -0.0605. The van der Waals surface area contributed by atoms with Gasteiger partial charge in [-0.1, -0.05) is 18.2 Å². The number of carbonyl (C=O) groups excluding carboxylic acids is 2. The van der Waals surface area contributed by atoms with Crippen molar-refractivity contribution in [1.29, 1.82) is 0 Å². The highest BCUT2D eigenvalue weighted by Crippen LogP contribution is 2.30. The Kier molecular flexibility index (Phi) is 6.34. The summed E-state index contributed by atoms with van der Waals surface area (Å²) in [5.74, 6) is 0.157. The molecule has 178 valence electrons. The van der Waals surface area contributed by atoms with Crippen LogP contribution in [0.15, 0.2) is 54.9 Å². The van der Waals surface area contributed by atoms with Crippen molar-refractivity contribution in [2.75, 3.05) is 32.8 Å². The highest BCUT2D eigenvalue weighted by atomic mass is 16.5. The van der Waals surface area contributed by atoms with Crippen LogP contribution in [0.3, 0.4) is 0 Å². The summed E-state index contributed by atoms with van der Waals surface area (Å²) >= 11 is 0. The molecule has 0 unspecified atom stereocenters. The van der Waals surface area contributed by atoms with Crippen molar-refractivity contribution >= 4 is 17.3 Å². The second-order valence-electron chi connectivity index (χ2n) is 9.30. The third-order valence-corrected chi connectivity index (χ3v) is 7.07. The Labute approximate surface area is 198 Å². The van der Waals surface area contributed by atoms with E-state index in [1.807, 2.05) is 53.6 Å². The zero-order valence-electron chi connectivity index (χ0n) is 19.2. The number of hydrogen-bond acceptors (Lipinski definition) is 5. The maximum absolute atomic E-state index is 12.9. The van der Waals surface area contributed by atoms with Gasteiger partial charge in [0.15, 0.2) is 0 Å². The van der Waals surface area contributed by atoms with E-state index in [0.29, 0.717) is 50.6 Å². The standard InChI is InChI=1S/C26H30N4O4/c31-24(27-18-26(33)9-14-34-15-10-26)22-17-28-30-13-8-21(16-23(22)30)19-6-11-29(12-7-19)25(32)20-4-2-1-3-5-20/h1-5,8,13,16-17,19,33H,6-7,9-12,14-15,18H2,(H,27,31). The van der Waals surface area contributed by atoms with Crippen LogP contribution in [-0.4, -0.2) is 69.9 Å². The Balaban J connectivity index is 1.25. The van der Waals surface area contributed by atoms with Crippen LogP contribution >= 0.6 is 0 Å². The van der Waals surface area contributed by atoms with Gasteiger partial charge in [0.25, 0.3) is 11.8 Å². The molecule has 1 aromatic carbocycles. The molecule has 2 aliphatic rings. The van der Waals surface area contributed by atoms with Gasteiger partial charge in [0.05, 0.1) is 22.9 Å². The first-order chi connectivity index (χ1) is 16.5. The number of rotatable bonds is 5. The van der Waals surface area contributed by atoms with Crippen molar-refractivity contribution in [3.8, 4) is 0 Å². The number of benzene rings is 1. The molecule has 0 atom stereocenters. The summed E-state index contributed by atoms with van der Waals surface area (Å²) in [7, 11) is 0. The number of hydrogen-bond donors (Lipinski definition) is 2. The first kappa shape index (κ1) is 22.6. The van der Waals surface area contributed by atoms with Gasteiger partial charge in [0.1, 0.15) is 0 Å². The molecular weight excluding hydrogens is 432 g/mol. The topological polar surface area (TPSA) is 96.2 Å². The lowest BCUT2D eigenvalue weighted by Crippen LogP contribution is -2.46. The minimum absolute atomic E-state index is 0.0791. The van der Waals surface area contributed by atoms with Crippen LogP contribution in [0.2, 0.25) is 0 Å². The summed E-state index contributed by atoms with van der Waals surface area (Å²) in [6.45, 7) is 2.61. The minimum Gasteiger partial charge on any atom is -0.388 e. The molecule has 0 radical (unpaired) electrons. The SMILES string of the molecule is O=C(NCC1(O)CCOCC1)c1cnn2ccc(C3CCN(C(=O)c4ccccc4)CC3)cc12. The number of aliphatic hydroxyl groups is 1. The Bertz CT molecular complexity index is 1160. The Morgan fingerprint density at radius 1 is 1.12 bits per heavy atom. The molecule has 5 rings (SSSR count). The van der Waals surface area contributed by atoms with Gasteiger partial charge < -0.3 is 20.1 Å². The van der Waals surface area contributed by atoms with Gasteiger partial charge in [0.2, 0.25) is 0 Å². The van der Waals surface area contributed by atoms with Crippen LogP contribution in [0.5, 0.6) is 0 Å². The van der Waals surface area contributed by atoms with E-state index in [4.69, 9.17) is 4.74 Å². The average Bonchev–Trinajstić information content (AvgIpc) is 3.31. The molecule has 0 aliphatic carbocycles. The number of fused-ring (bicyclic) bond motifs is 1. The predicted molar refractivity (Wildman–Crippen MR) is 127 cm³/mol. The number of amides is 2. The second-order valence-corrected chi connectivity index (χ2v) is 9.30. The molecule has 0 saturated carbocycles. The van der Waals surface area contributed by atoms with E-state index in [-0.39, 0.29) is 18.4 Å². The largest absolute Gasteiger partial charge is 0.388 e. The van der Waals surface area contributed by atoms with E-state index in [2.05, 4.69) is 10.4 Å². The zero-order valence-corrected chi connectivity index (χ0v) is 19.2.